The molecule has 2 atom stereocenters. The van der Waals surface area contributed by atoms with Crippen LogP contribution in [0, 0.1) is 12.8 Å². The Labute approximate surface area is 118 Å². The van der Waals surface area contributed by atoms with Gasteiger partial charge in [-0.1, -0.05) is 17.7 Å². The molecule has 1 unspecified atom stereocenters. The van der Waals surface area contributed by atoms with Crippen LogP contribution in [0.25, 0.3) is 0 Å². The number of hydrogen-bond donors (Lipinski definition) is 1. The Morgan fingerprint density at radius 3 is 2.60 bits per heavy atom. The van der Waals surface area contributed by atoms with Crippen molar-refractivity contribution in [2.75, 3.05) is 13.7 Å². The Hall–Kier alpha value is -1.44. The average Bonchev–Trinajstić information content (AvgIpc) is 2.87. The highest BCUT2D eigenvalue weighted by Crippen LogP contribution is 2.22. The number of ether oxygens (including phenoxy) is 2. The smallest absolute Gasteiger partial charge is 0.264 e. The molecule has 1 aromatic carbocycles. The number of rotatable bonds is 4. The molecule has 20 heavy (non-hydrogen) atoms. The zero-order valence-electron chi connectivity index (χ0n) is 11.3. The zero-order valence-corrected chi connectivity index (χ0v) is 12.1. The van der Waals surface area contributed by atoms with Crippen molar-refractivity contribution in [3.8, 4) is 0 Å². The summed E-state index contributed by atoms with van der Waals surface area (Å²) in [6.07, 6.45) is -0.253. The van der Waals surface area contributed by atoms with Gasteiger partial charge in [0.2, 0.25) is 5.91 Å². The van der Waals surface area contributed by atoms with Crippen molar-refractivity contribution in [1.29, 1.82) is 0 Å². The summed E-state index contributed by atoms with van der Waals surface area (Å²) >= 11 is 0. The molecule has 1 heterocycles. The van der Waals surface area contributed by atoms with Gasteiger partial charge >= 0.3 is 0 Å². The van der Waals surface area contributed by atoms with Crippen molar-refractivity contribution in [2.45, 2.75) is 24.5 Å². The Morgan fingerprint density at radius 2 is 2.00 bits per heavy atom. The summed E-state index contributed by atoms with van der Waals surface area (Å²) in [7, 11) is -2.43. The van der Waals surface area contributed by atoms with Gasteiger partial charge in [0.25, 0.3) is 10.0 Å². The molecule has 1 saturated heterocycles. The van der Waals surface area contributed by atoms with Crippen molar-refractivity contribution in [3.05, 3.63) is 29.8 Å². The minimum absolute atomic E-state index is 0.0596. The summed E-state index contributed by atoms with van der Waals surface area (Å²) in [5.41, 5.74) is 0.943. The molecule has 110 valence electrons. The van der Waals surface area contributed by atoms with Crippen LogP contribution in [-0.2, 0) is 24.3 Å². The molecule has 0 spiro atoms. The Balaban J connectivity index is 2.12. The first kappa shape index (κ1) is 15.0. The van der Waals surface area contributed by atoms with E-state index in [2.05, 4.69) is 4.72 Å². The number of carbonyl (C=O) groups excluding carboxylic acids is 1. The van der Waals surface area contributed by atoms with Crippen LogP contribution in [0.2, 0.25) is 0 Å². The van der Waals surface area contributed by atoms with Gasteiger partial charge in [-0.3, -0.25) is 4.79 Å². The fourth-order valence-corrected chi connectivity index (χ4v) is 3.06. The minimum atomic E-state index is -3.86. The van der Waals surface area contributed by atoms with Gasteiger partial charge in [0.15, 0.2) is 6.29 Å². The Bertz CT molecular complexity index is 581. The van der Waals surface area contributed by atoms with E-state index in [-0.39, 0.29) is 4.90 Å². The molecule has 2 rings (SSSR count). The van der Waals surface area contributed by atoms with Crippen molar-refractivity contribution in [3.63, 3.8) is 0 Å². The molecule has 6 nitrogen and oxygen atoms in total. The SMILES string of the molecule is COC1OCC[C@@H]1C(=O)NS(=O)(=O)c1ccc(C)cc1. The lowest BCUT2D eigenvalue weighted by Gasteiger charge is -2.16. The number of hydrogen-bond acceptors (Lipinski definition) is 5. The topological polar surface area (TPSA) is 81.7 Å². The van der Waals surface area contributed by atoms with Crippen molar-refractivity contribution >= 4 is 15.9 Å². The van der Waals surface area contributed by atoms with E-state index < -0.39 is 28.1 Å². The van der Waals surface area contributed by atoms with Crippen molar-refractivity contribution in [2.24, 2.45) is 5.92 Å². The maximum atomic E-state index is 12.1. The van der Waals surface area contributed by atoms with E-state index in [9.17, 15) is 13.2 Å². The lowest BCUT2D eigenvalue weighted by Crippen LogP contribution is -2.39. The first-order chi connectivity index (χ1) is 9.44. The van der Waals surface area contributed by atoms with Gasteiger partial charge in [-0.15, -0.1) is 0 Å². The molecule has 0 radical (unpaired) electrons. The molecule has 0 bridgehead atoms. The van der Waals surface area contributed by atoms with Gasteiger partial charge in [0.1, 0.15) is 0 Å². The first-order valence-electron chi connectivity index (χ1n) is 6.22. The zero-order chi connectivity index (χ0) is 14.8. The number of methoxy groups -OCH3 is 1. The number of aryl methyl sites for hydroxylation is 1. The minimum Gasteiger partial charge on any atom is -0.355 e. The molecular weight excluding hydrogens is 282 g/mol. The van der Waals surface area contributed by atoms with E-state index in [1.165, 1.54) is 19.2 Å². The van der Waals surface area contributed by atoms with Gasteiger partial charge in [0, 0.05) is 7.11 Å². The predicted octanol–water partition coefficient (Wildman–Crippen LogP) is 0.809. The highest BCUT2D eigenvalue weighted by Gasteiger charge is 2.36. The number of nitrogens with one attached hydrogen (secondary N) is 1. The van der Waals surface area contributed by atoms with Crippen LogP contribution in [0.4, 0.5) is 0 Å². The number of carbonyl (C=O) groups is 1. The van der Waals surface area contributed by atoms with Gasteiger partial charge in [-0.05, 0) is 25.5 Å². The lowest BCUT2D eigenvalue weighted by molar-refractivity contribution is -0.141. The van der Waals surface area contributed by atoms with Gasteiger partial charge in [-0.25, -0.2) is 13.1 Å². The monoisotopic (exact) mass is 299 g/mol. The third kappa shape index (κ3) is 3.17. The maximum Gasteiger partial charge on any atom is 0.264 e. The standard InChI is InChI=1S/C13H17NO5S/c1-9-3-5-10(6-4-9)20(16,17)14-12(15)11-7-8-19-13(11)18-2/h3-6,11,13H,7-8H2,1-2H3,(H,14,15)/t11-,13?/m1/s1. The molecule has 1 aromatic rings. The fraction of sp³-hybridized carbons (Fsp3) is 0.462. The molecule has 1 fully saturated rings. The predicted molar refractivity (Wildman–Crippen MR) is 71.4 cm³/mol. The molecule has 0 aliphatic carbocycles. The van der Waals surface area contributed by atoms with Crippen LogP contribution in [0.3, 0.4) is 0 Å². The van der Waals surface area contributed by atoms with Crippen LogP contribution in [0.5, 0.6) is 0 Å². The van der Waals surface area contributed by atoms with Gasteiger partial charge < -0.3 is 9.47 Å². The summed E-state index contributed by atoms with van der Waals surface area (Å²) in [6, 6.07) is 6.28. The molecule has 0 saturated carbocycles. The maximum absolute atomic E-state index is 12.1. The molecular formula is C13H17NO5S. The molecule has 1 aliphatic rings. The van der Waals surface area contributed by atoms with Crippen LogP contribution in [0.15, 0.2) is 29.2 Å². The van der Waals surface area contributed by atoms with E-state index in [4.69, 9.17) is 9.47 Å². The summed E-state index contributed by atoms with van der Waals surface area (Å²) in [5.74, 6) is -1.21. The van der Waals surface area contributed by atoms with Crippen LogP contribution < -0.4 is 4.72 Å². The molecule has 1 aliphatic heterocycles. The van der Waals surface area contributed by atoms with Crippen molar-refractivity contribution < 1.29 is 22.7 Å². The van der Waals surface area contributed by atoms with Crippen LogP contribution in [0.1, 0.15) is 12.0 Å². The molecule has 7 heteroatoms. The Morgan fingerprint density at radius 1 is 1.35 bits per heavy atom. The van der Waals surface area contributed by atoms with E-state index in [0.717, 1.165) is 5.56 Å². The second-order valence-electron chi connectivity index (χ2n) is 4.65. The highest BCUT2D eigenvalue weighted by atomic mass is 32.2. The normalized spacial score (nSPS) is 22.7. The highest BCUT2D eigenvalue weighted by molar-refractivity contribution is 7.90. The second kappa shape index (κ2) is 5.90. The van der Waals surface area contributed by atoms with Gasteiger partial charge in [0.05, 0.1) is 17.4 Å². The summed E-state index contributed by atoms with van der Waals surface area (Å²) < 4.78 is 36.5. The van der Waals surface area contributed by atoms with Gasteiger partial charge in [-0.2, -0.15) is 0 Å². The number of benzene rings is 1. The fourth-order valence-electron chi connectivity index (χ4n) is 2.03. The summed E-state index contributed by atoms with van der Waals surface area (Å²) in [6.45, 7) is 2.23. The third-order valence-electron chi connectivity index (χ3n) is 3.17. The third-order valence-corrected chi connectivity index (χ3v) is 4.54. The van der Waals surface area contributed by atoms with E-state index >= 15 is 0 Å². The quantitative estimate of drug-likeness (QED) is 0.889. The van der Waals surface area contributed by atoms with E-state index in [0.29, 0.717) is 13.0 Å². The van der Waals surface area contributed by atoms with Crippen LogP contribution in [-0.4, -0.2) is 34.3 Å². The first-order valence-corrected chi connectivity index (χ1v) is 7.70. The van der Waals surface area contributed by atoms with Crippen molar-refractivity contribution in [1.82, 2.24) is 4.72 Å². The number of sulfonamides is 1. The number of amides is 1. The average molecular weight is 299 g/mol. The summed E-state index contributed by atoms with van der Waals surface area (Å²) in [4.78, 5) is 12.1. The Kier molecular flexibility index (Phi) is 4.42. The van der Waals surface area contributed by atoms with Crippen LogP contribution >= 0.6 is 0 Å². The summed E-state index contributed by atoms with van der Waals surface area (Å²) in [5, 5.41) is 0. The molecule has 1 amide bonds. The molecule has 1 N–H and O–H groups in total. The van der Waals surface area contributed by atoms with E-state index in [1.54, 1.807) is 12.1 Å². The molecule has 0 aromatic heterocycles. The largest absolute Gasteiger partial charge is 0.355 e. The lowest BCUT2D eigenvalue weighted by atomic mass is 10.1. The van der Waals surface area contributed by atoms with E-state index in [1.807, 2.05) is 6.92 Å². The second-order valence-corrected chi connectivity index (χ2v) is 6.34.